The first-order valence-electron chi connectivity index (χ1n) is 6.38. The van der Waals surface area contributed by atoms with Gasteiger partial charge in [0.15, 0.2) is 0 Å². The smallest absolute Gasteiger partial charge is 0.307 e. The summed E-state index contributed by atoms with van der Waals surface area (Å²) in [6.07, 6.45) is 0. The second-order valence-corrected chi connectivity index (χ2v) is 4.74. The summed E-state index contributed by atoms with van der Waals surface area (Å²) in [5.41, 5.74) is 3.75. The number of rotatable bonds is 2. The predicted molar refractivity (Wildman–Crippen MR) is 79.7 cm³/mol. The fourth-order valence-corrected chi connectivity index (χ4v) is 1.91. The lowest BCUT2D eigenvalue weighted by Gasteiger charge is -2.12. The number of aryl methyl sites for hydroxylation is 1. The summed E-state index contributed by atoms with van der Waals surface area (Å²) in [5.74, 6) is -0.338. The fourth-order valence-electron chi connectivity index (χ4n) is 1.91. The number of carbonyl (C=O) groups is 1. The van der Waals surface area contributed by atoms with Gasteiger partial charge in [-0.25, -0.2) is 9.18 Å². The molecule has 0 aliphatic carbocycles. The van der Waals surface area contributed by atoms with Crippen molar-refractivity contribution >= 4 is 17.4 Å². The van der Waals surface area contributed by atoms with Crippen LogP contribution in [0.4, 0.5) is 20.6 Å². The van der Waals surface area contributed by atoms with Crippen LogP contribution in [0.3, 0.4) is 0 Å². The van der Waals surface area contributed by atoms with E-state index >= 15 is 0 Å². The zero-order chi connectivity index (χ0) is 14.7. The van der Waals surface area contributed by atoms with Gasteiger partial charge in [-0.2, -0.15) is 0 Å². The normalized spacial score (nSPS) is 10.2. The number of nitrogens with one attached hydrogen (secondary N) is 2. The Balaban J connectivity index is 2.13. The Hall–Kier alpha value is -2.36. The van der Waals surface area contributed by atoms with Crippen LogP contribution < -0.4 is 10.6 Å². The van der Waals surface area contributed by atoms with Crippen LogP contribution in [0.15, 0.2) is 36.4 Å². The lowest BCUT2D eigenvalue weighted by molar-refractivity contribution is 0.262. The second-order valence-electron chi connectivity index (χ2n) is 4.74. The van der Waals surface area contributed by atoms with Crippen LogP contribution in [0, 0.1) is 26.6 Å². The fraction of sp³-hybridized carbons (Fsp3) is 0.188. The van der Waals surface area contributed by atoms with Gasteiger partial charge in [-0.15, -0.1) is 0 Å². The average molecular weight is 272 g/mol. The zero-order valence-electron chi connectivity index (χ0n) is 11.8. The summed E-state index contributed by atoms with van der Waals surface area (Å²) >= 11 is 0. The molecule has 0 fully saturated rings. The van der Waals surface area contributed by atoms with Gasteiger partial charge in [-0.1, -0.05) is 18.2 Å². The number of anilines is 2. The summed E-state index contributed by atoms with van der Waals surface area (Å²) in [6.45, 7) is 5.55. The summed E-state index contributed by atoms with van der Waals surface area (Å²) < 4.78 is 13.4. The molecule has 2 aromatic carbocycles. The molecule has 0 saturated heterocycles. The molecule has 0 aliphatic rings. The molecule has 104 valence electrons. The van der Waals surface area contributed by atoms with Gasteiger partial charge in [0.1, 0.15) is 5.82 Å². The number of carbonyl (C=O) groups excluding carboxylic acids is 1. The molecule has 2 N–H and O–H groups in total. The van der Waals surface area contributed by atoms with Gasteiger partial charge in [-0.05, 0) is 50.1 Å². The Labute approximate surface area is 117 Å². The molecule has 0 bridgehead atoms. The highest BCUT2D eigenvalue weighted by atomic mass is 19.1. The van der Waals surface area contributed by atoms with Crippen molar-refractivity contribution in [3.63, 3.8) is 0 Å². The van der Waals surface area contributed by atoms with Crippen molar-refractivity contribution in [1.29, 1.82) is 0 Å². The van der Waals surface area contributed by atoms with E-state index in [9.17, 15) is 9.18 Å². The molecule has 4 heteroatoms. The molecule has 20 heavy (non-hydrogen) atoms. The molecule has 0 unspecified atom stereocenters. The number of benzene rings is 2. The Morgan fingerprint density at radius 3 is 2.10 bits per heavy atom. The maximum absolute atomic E-state index is 13.4. The maximum atomic E-state index is 13.4. The van der Waals surface area contributed by atoms with E-state index < -0.39 is 0 Å². The van der Waals surface area contributed by atoms with Crippen LogP contribution in [-0.2, 0) is 0 Å². The van der Waals surface area contributed by atoms with Crippen LogP contribution in [0.2, 0.25) is 0 Å². The Kier molecular flexibility index (Phi) is 4.03. The largest absolute Gasteiger partial charge is 0.323 e. The number of urea groups is 1. The molecule has 0 atom stereocenters. The first-order chi connectivity index (χ1) is 9.49. The molecular weight excluding hydrogens is 255 g/mol. The summed E-state index contributed by atoms with van der Waals surface area (Å²) in [6, 6.07) is 9.91. The summed E-state index contributed by atoms with van der Waals surface area (Å²) in [7, 11) is 0. The van der Waals surface area contributed by atoms with Crippen LogP contribution in [0.25, 0.3) is 0 Å². The number of hydrogen-bond acceptors (Lipinski definition) is 1. The Morgan fingerprint density at radius 2 is 1.45 bits per heavy atom. The van der Waals surface area contributed by atoms with Gasteiger partial charge in [-0.3, -0.25) is 0 Å². The van der Waals surface area contributed by atoms with Crippen LogP contribution >= 0.6 is 0 Å². The first-order valence-corrected chi connectivity index (χ1v) is 6.38. The van der Waals surface area contributed by atoms with Gasteiger partial charge >= 0.3 is 6.03 Å². The van der Waals surface area contributed by atoms with Crippen molar-refractivity contribution in [2.75, 3.05) is 10.6 Å². The van der Waals surface area contributed by atoms with Crippen molar-refractivity contribution < 1.29 is 9.18 Å². The maximum Gasteiger partial charge on any atom is 0.323 e. The molecule has 2 amide bonds. The van der Waals surface area contributed by atoms with E-state index in [0.717, 1.165) is 16.8 Å². The quantitative estimate of drug-likeness (QED) is 0.836. The van der Waals surface area contributed by atoms with E-state index in [0.29, 0.717) is 11.3 Å². The molecular formula is C16H17FN2O. The summed E-state index contributed by atoms with van der Waals surface area (Å²) in [5, 5.41) is 5.43. The Morgan fingerprint density at radius 1 is 0.900 bits per heavy atom. The minimum Gasteiger partial charge on any atom is -0.307 e. The van der Waals surface area contributed by atoms with Crippen molar-refractivity contribution in [3.05, 3.63) is 58.9 Å². The minimum absolute atomic E-state index is 0.338. The van der Waals surface area contributed by atoms with Crippen LogP contribution in [0.1, 0.15) is 16.7 Å². The van der Waals surface area contributed by atoms with Crippen LogP contribution in [-0.4, -0.2) is 6.03 Å². The highest BCUT2D eigenvalue weighted by Gasteiger charge is 2.09. The zero-order valence-corrected chi connectivity index (χ0v) is 11.8. The number of hydrogen-bond donors (Lipinski definition) is 2. The van der Waals surface area contributed by atoms with Gasteiger partial charge in [0.05, 0.1) is 0 Å². The van der Waals surface area contributed by atoms with Gasteiger partial charge in [0, 0.05) is 16.9 Å². The molecule has 0 aromatic heterocycles. The third-order valence-electron chi connectivity index (χ3n) is 3.37. The third-order valence-corrected chi connectivity index (χ3v) is 3.37. The molecule has 0 saturated carbocycles. The van der Waals surface area contributed by atoms with Crippen molar-refractivity contribution in [2.45, 2.75) is 20.8 Å². The molecule has 0 radical (unpaired) electrons. The standard InChI is InChI=1S/C16H17FN2O/c1-10-6-4-8-14(11(10)2)18-16(20)19-15-9-5-7-13(17)12(15)3/h4-9H,1-3H3,(H2,18,19,20). The van der Waals surface area contributed by atoms with Gasteiger partial charge in [0.25, 0.3) is 0 Å². The van der Waals surface area contributed by atoms with E-state index in [1.807, 2.05) is 32.0 Å². The second kappa shape index (κ2) is 5.74. The van der Waals surface area contributed by atoms with Gasteiger partial charge in [0.2, 0.25) is 0 Å². The molecule has 2 rings (SSSR count). The topological polar surface area (TPSA) is 41.1 Å². The van der Waals surface area contributed by atoms with Gasteiger partial charge < -0.3 is 10.6 Å². The molecule has 0 aliphatic heterocycles. The predicted octanol–water partition coefficient (Wildman–Crippen LogP) is 4.39. The minimum atomic E-state index is -0.382. The highest BCUT2D eigenvalue weighted by molar-refractivity contribution is 6.00. The lowest BCUT2D eigenvalue weighted by atomic mass is 10.1. The van der Waals surface area contributed by atoms with Crippen molar-refractivity contribution in [1.82, 2.24) is 0 Å². The van der Waals surface area contributed by atoms with E-state index in [2.05, 4.69) is 10.6 Å². The highest BCUT2D eigenvalue weighted by Crippen LogP contribution is 2.20. The molecule has 0 heterocycles. The summed E-state index contributed by atoms with van der Waals surface area (Å²) in [4.78, 5) is 12.0. The monoisotopic (exact) mass is 272 g/mol. The number of amides is 2. The van der Waals surface area contributed by atoms with E-state index in [1.54, 1.807) is 19.1 Å². The molecule has 0 spiro atoms. The van der Waals surface area contributed by atoms with Crippen LogP contribution in [0.5, 0.6) is 0 Å². The van der Waals surface area contributed by atoms with Crippen molar-refractivity contribution in [2.24, 2.45) is 0 Å². The average Bonchev–Trinajstić information content (AvgIpc) is 2.40. The molecule has 2 aromatic rings. The lowest BCUT2D eigenvalue weighted by Crippen LogP contribution is -2.20. The van der Waals surface area contributed by atoms with Crippen molar-refractivity contribution in [3.8, 4) is 0 Å². The van der Waals surface area contributed by atoms with E-state index in [1.165, 1.54) is 6.07 Å². The first kappa shape index (κ1) is 14.1. The number of halogens is 1. The molecule has 3 nitrogen and oxygen atoms in total. The SMILES string of the molecule is Cc1cccc(NC(=O)Nc2cccc(F)c2C)c1C. The third kappa shape index (κ3) is 2.96. The Bertz CT molecular complexity index is 597. The van der Waals surface area contributed by atoms with E-state index in [-0.39, 0.29) is 11.8 Å². The van der Waals surface area contributed by atoms with E-state index in [4.69, 9.17) is 0 Å².